The molecule has 0 aliphatic carbocycles. The van der Waals surface area contributed by atoms with E-state index in [4.69, 9.17) is 28.9 Å². The average Bonchev–Trinajstić information content (AvgIpc) is 2.86. The minimum absolute atomic E-state index is 0.0788. The third-order valence-corrected chi connectivity index (χ3v) is 4.87. The monoisotopic (exact) mass is 367 g/mol. The third-order valence-electron chi connectivity index (χ3n) is 3.18. The van der Waals surface area contributed by atoms with Gasteiger partial charge in [0.1, 0.15) is 5.69 Å². The van der Waals surface area contributed by atoms with Crippen LogP contribution in [0.3, 0.4) is 0 Å². The van der Waals surface area contributed by atoms with Crippen molar-refractivity contribution in [2.45, 2.75) is 4.90 Å². The molecule has 0 spiro atoms. The lowest BCUT2D eigenvalue weighted by Gasteiger charge is -2.07. The summed E-state index contributed by atoms with van der Waals surface area (Å²) >= 11 is 11.9. The predicted molar refractivity (Wildman–Crippen MR) is 93.3 cm³/mol. The van der Waals surface area contributed by atoms with E-state index in [0.717, 1.165) is 0 Å². The van der Waals surface area contributed by atoms with Gasteiger partial charge in [0.2, 0.25) is 0 Å². The van der Waals surface area contributed by atoms with Crippen molar-refractivity contribution in [3.8, 4) is 0 Å². The van der Waals surface area contributed by atoms with E-state index >= 15 is 0 Å². The Kier molecular flexibility index (Phi) is 4.30. The highest BCUT2D eigenvalue weighted by Gasteiger charge is 2.21. The first-order chi connectivity index (χ1) is 11.0. The number of primary amides is 1. The smallest absolute Gasteiger partial charge is 0.266 e. The second-order valence-electron chi connectivity index (χ2n) is 4.76. The first-order valence-corrected chi connectivity index (χ1v) is 8.41. The highest BCUT2D eigenvalue weighted by molar-refractivity contribution is 7.86. The molecular weight excluding hydrogens is 357 g/mol. The van der Waals surface area contributed by atoms with Crippen LogP contribution in [0.25, 0.3) is 10.9 Å². The molecule has 4 N–H and O–H groups in total. The van der Waals surface area contributed by atoms with Crippen LogP contribution in [0.2, 0.25) is 10.0 Å². The van der Waals surface area contributed by atoms with Gasteiger partial charge in [-0.05, 0) is 36.4 Å². The van der Waals surface area contributed by atoms with Crippen LogP contribution in [0.4, 0.5) is 5.69 Å². The fourth-order valence-corrected chi connectivity index (χ4v) is 3.73. The highest BCUT2D eigenvalue weighted by atomic mass is 35.5. The average molecular weight is 368 g/mol. The number of hydrogen-bond acceptors (Lipinski definition) is 2. The van der Waals surface area contributed by atoms with Crippen molar-refractivity contribution in [2.75, 3.05) is 4.72 Å². The molecule has 1 aromatic heterocycles. The maximum atomic E-state index is 12.7. The van der Waals surface area contributed by atoms with Crippen LogP contribution in [0, 0.1) is 0 Å². The molecule has 0 saturated heterocycles. The van der Waals surface area contributed by atoms with E-state index in [1.165, 1.54) is 0 Å². The Morgan fingerprint density at radius 1 is 1.13 bits per heavy atom. The summed E-state index contributed by atoms with van der Waals surface area (Å²) in [7, 11) is -1.73. The molecule has 1 amide bonds. The molecule has 3 rings (SSSR count). The molecule has 1 atom stereocenters. The maximum absolute atomic E-state index is 12.7. The molecule has 1 unspecified atom stereocenters. The Balaban J connectivity index is 2.10. The Bertz CT molecular complexity index is 940. The molecule has 0 aliphatic heterocycles. The number of hydrogen-bond donors (Lipinski definition) is 3. The predicted octanol–water partition coefficient (Wildman–Crippen LogP) is 3.71. The topological polar surface area (TPSA) is 88.0 Å². The fourth-order valence-electron chi connectivity index (χ4n) is 2.22. The minimum atomic E-state index is -1.73. The van der Waals surface area contributed by atoms with Crippen LogP contribution in [-0.4, -0.2) is 15.1 Å². The van der Waals surface area contributed by atoms with Crippen LogP contribution in [-0.2, 0) is 11.0 Å². The number of amides is 1. The standard InChI is InChI=1S/C15H11Cl2N3O2S/c16-8-2-1-3-10(6-8)20-23(22)14-11-7-9(17)4-5-12(11)19-13(14)15(18)21/h1-7,19-20H,(H2,18,21). The molecule has 0 fully saturated rings. The lowest BCUT2D eigenvalue weighted by Crippen LogP contribution is -2.16. The van der Waals surface area contributed by atoms with Crippen LogP contribution in [0.5, 0.6) is 0 Å². The summed E-state index contributed by atoms with van der Waals surface area (Å²) in [5.41, 5.74) is 6.65. The summed E-state index contributed by atoms with van der Waals surface area (Å²) in [5.74, 6) is -0.700. The fraction of sp³-hybridized carbons (Fsp3) is 0. The molecule has 2 aromatic carbocycles. The zero-order valence-corrected chi connectivity index (χ0v) is 13.9. The number of H-pyrrole nitrogens is 1. The molecule has 5 nitrogen and oxygen atoms in total. The first-order valence-electron chi connectivity index (χ1n) is 6.51. The van der Waals surface area contributed by atoms with E-state index in [1.54, 1.807) is 42.5 Å². The number of aromatic amines is 1. The maximum Gasteiger partial charge on any atom is 0.266 e. The van der Waals surface area contributed by atoms with Gasteiger partial charge in [0.25, 0.3) is 5.91 Å². The van der Waals surface area contributed by atoms with Crippen LogP contribution in [0.1, 0.15) is 10.5 Å². The molecule has 3 aromatic rings. The van der Waals surface area contributed by atoms with Gasteiger partial charge in [0.05, 0.1) is 4.90 Å². The number of carbonyl (C=O) groups is 1. The Morgan fingerprint density at radius 2 is 1.87 bits per heavy atom. The number of nitrogens with one attached hydrogen (secondary N) is 2. The summed E-state index contributed by atoms with van der Waals surface area (Å²) in [6.07, 6.45) is 0. The van der Waals surface area contributed by atoms with Gasteiger partial charge in [0, 0.05) is 26.6 Å². The Morgan fingerprint density at radius 3 is 2.57 bits per heavy atom. The van der Waals surface area contributed by atoms with Crippen LogP contribution in [0.15, 0.2) is 47.4 Å². The molecule has 0 bridgehead atoms. The zero-order chi connectivity index (χ0) is 16.6. The molecule has 1 heterocycles. The second-order valence-corrected chi connectivity index (χ2v) is 6.79. The zero-order valence-electron chi connectivity index (χ0n) is 11.6. The quantitative estimate of drug-likeness (QED) is 0.656. The molecule has 23 heavy (non-hydrogen) atoms. The summed E-state index contributed by atoms with van der Waals surface area (Å²) in [5, 5.41) is 1.54. The number of fused-ring (bicyclic) bond motifs is 1. The molecule has 118 valence electrons. The van der Waals surface area contributed by atoms with Crippen molar-refractivity contribution in [3.05, 3.63) is 58.2 Å². The summed E-state index contributed by atoms with van der Waals surface area (Å²) in [4.78, 5) is 14.8. The van der Waals surface area contributed by atoms with Crippen molar-refractivity contribution in [1.29, 1.82) is 0 Å². The summed E-state index contributed by atoms with van der Waals surface area (Å²) in [6.45, 7) is 0. The van der Waals surface area contributed by atoms with E-state index in [-0.39, 0.29) is 10.6 Å². The van der Waals surface area contributed by atoms with Gasteiger partial charge < -0.3 is 15.4 Å². The van der Waals surface area contributed by atoms with Gasteiger partial charge in [-0.1, -0.05) is 29.3 Å². The van der Waals surface area contributed by atoms with Gasteiger partial charge >= 0.3 is 0 Å². The number of aromatic nitrogens is 1. The van der Waals surface area contributed by atoms with E-state index in [2.05, 4.69) is 9.71 Å². The minimum Gasteiger partial charge on any atom is -0.364 e. The third kappa shape index (κ3) is 3.19. The Labute approximate surface area is 144 Å². The van der Waals surface area contributed by atoms with E-state index in [0.29, 0.717) is 26.6 Å². The molecule has 0 radical (unpaired) electrons. The number of halogens is 2. The largest absolute Gasteiger partial charge is 0.364 e. The van der Waals surface area contributed by atoms with Crippen molar-refractivity contribution in [3.63, 3.8) is 0 Å². The van der Waals surface area contributed by atoms with Gasteiger partial charge in [-0.25, -0.2) is 4.21 Å². The molecule has 0 aliphatic rings. The van der Waals surface area contributed by atoms with Crippen LogP contribution < -0.4 is 10.5 Å². The number of rotatable bonds is 4. The Hall–Kier alpha value is -2.02. The van der Waals surface area contributed by atoms with E-state index in [1.807, 2.05) is 0 Å². The van der Waals surface area contributed by atoms with Gasteiger partial charge in [0.15, 0.2) is 11.0 Å². The number of nitrogens with two attached hydrogens (primary N) is 1. The highest BCUT2D eigenvalue weighted by Crippen LogP contribution is 2.29. The molecular formula is C15H11Cl2N3O2S. The lowest BCUT2D eigenvalue weighted by atomic mass is 10.2. The number of anilines is 1. The normalized spacial score (nSPS) is 12.3. The first kappa shape index (κ1) is 15.9. The van der Waals surface area contributed by atoms with Crippen molar-refractivity contribution in [2.24, 2.45) is 5.73 Å². The van der Waals surface area contributed by atoms with Gasteiger partial charge in [-0.15, -0.1) is 0 Å². The van der Waals surface area contributed by atoms with E-state index in [9.17, 15) is 9.00 Å². The van der Waals surface area contributed by atoms with Crippen LogP contribution >= 0.6 is 23.2 Å². The molecule has 0 saturated carbocycles. The van der Waals surface area contributed by atoms with Crippen molar-refractivity contribution in [1.82, 2.24) is 4.98 Å². The number of benzene rings is 2. The van der Waals surface area contributed by atoms with Crippen molar-refractivity contribution >= 4 is 56.7 Å². The summed E-state index contributed by atoms with van der Waals surface area (Å²) in [6, 6.07) is 11.8. The lowest BCUT2D eigenvalue weighted by molar-refractivity contribution is 0.0993. The van der Waals surface area contributed by atoms with Crippen molar-refractivity contribution < 1.29 is 9.00 Å². The summed E-state index contributed by atoms with van der Waals surface area (Å²) < 4.78 is 15.5. The van der Waals surface area contributed by atoms with Gasteiger partial charge in [-0.2, -0.15) is 0 Å². The second kappa shape index (κ2) is 6.23. The number of carbonyl (C=O) groups excluding carboxylic acids is 1. The van der Waals surface area contributed by atoms with E-state index < -0.39 is 16.9 Å². The SMILES string of the molecule is NC(=O)c1[nH]c2ccc(Cl)cc2c1S(=O)Nc1cccc(Cl)c1. The molecule has 8 heteroatoms. The van der Waals surface area contributed by atoms with Gasteiger partial charge in [-0.3, -0.25) is 4.79 Å².